The SMILES string of the molecule is CN(C)[C@H](CNc1nnnn1-c1ccccc1)c1ccsc1. The van der Waals surface area contributed by atoms with Gasteiger partial charge in [0.2, 0.25) is 5.95 Å². The van der Waals surface area contributed by atoms with Crippen molar-refractivity contribution in [3.05, 3.63) is 52.7 Å². The van der Waals surface area contributed by atoms with Crippen LogP contribution >= 0.6 is 11.3 Å². The van der Waals surface area contributed by atoms with Gasteiger partial charge < -0.3 is 10.2 Å². The molecule has 1 atom stereocenters. The molecule has 0 aliphatic carbocycles. The van der Waals surface area contributed by atoms with Gasteiger partial charge in [-0.05, 0) is 59.0 Å². The van der Waals surface area contributed by atoms with Crippen molar-refractivity contribution in [1.29, 1.82) is 0 Å². The maximum Gasteiger partial charge on any atom is 0.247 e. The maximum absolute atomic E-state index is 4.08. The summed E-state index contributed by atoms with van der Waals surface area (Å²) in [5, 5.41) is 19.5. The van der Waals surface area contributed by atoms with Crippen LogP contribution in [0.1, 0.15) is 11.6 Å². The highest BCUT2D eigenvalue weighted by Gasteiger charge is 2.16. The lowest BCUT2D eigenvalue weighted by atomic mass is 10.1. The first kappa shape index (κ1) is 14.7. The normalized spacial score (nSPS) is 12.5. The Balaban J connectivity index is 1.76. The minimum Gasteiger partial charge on any atom is -0.351 e. The lowest BCUT2D eigenvalue weighted by Gasteiger charge is -2.24. The third kappa shape index (κ3) is 3.15. The van der Waals surface area contributed by atoms with Crippen LogP contribution in [0.3, 0.4) is 0 Å². The summed E-state index contributed by atoms with van der Waals surface area (Å²) in [6.45, 7) is 0.733. The molecular formula is C15H18N6S. The van der Waals surface area contributed by atoms with E-state index in [9.17, 15) is 0 Å². The summed E-state index contributed by atoms with van der Waals surface area (Å²) in [4.78, 5) is 2.19. The number of aromatic nitrogens is 4. The Morgan fingerprint density at radius 2 is 2.05 bits per heavy atom. The molecule has 3 aromatic rings. The molecule has 0 saturated carbocycles. The Kier molecular flexibility index (Phi) is 4.45. The van der Waals surface area contributed by atoms with Crippen LogP contribution in [0.4, 0.5) is 5.95 Å². The van der Waals surface area contributed by atoms with E-state index in [1.807, 2.05) is 30.3 Å². The maximum atomic E-state index is 4.08. The van der Waals surface area contributed by atoms with Gasteiger partial charge >= 0.3 is 0 Å². The minimum atomic E-state index is 0.271. The van der Waals surface area contributed by atoms with Crippen LogP contribution < -0.4 is 5.32 Å². The Morgan fingerprint density at radius 3 is 2.73 bits per heavy atom. The first-order valence-corrected chi connectivity index (χ1v) is 7.96. The number of para-hydroxylation sites is 1. The van der Waals surface area contributed by atoms with Crippen LogP contribution in [-0.2, 0) is 0 Å². The molecule has 0 bridgehead atoms. The number of tetrazole rings is 1. The van der Waals surface area contributed by atoms with Gasteiger partial charge in [-0.2, -0.15) is 16.0 Å². The van der Waals surface area contributed by atoms with E-state index < -0.39 is 0 Å². The summed E-state index contributed by atoms with van der Waals surface area (Å²) >= 11 is 1.71. The van der Waals surface area contributed by atoms with Gasteiger partial charge in [0.15, 0.2) is 0 Å². The molecule has 0 saturated heterocycles. The molecule has 7 heteroatoms. The van der Waals surface area contributed by atoms with E-state index in [4.69, 9.17) is 0 Å². The van der Waals surface area contributed by atoms with Gasteiger partial charge in [-0.3, -0.25) is 0 Å². The zero-order valence-electron chi connectivity index (χ0n) is 12.5. The van der Waals surface area contributed by atoms with Crippen molar-refractivity contribution in [1.82, 2.24) is 25.1 Å². The minimum absolute atomic E-state index is 0.271. The van der Waals surface area contributed by atoms with E-state index in [1.165, 1.54) is 5.56 Å². The molecule has 0 fully saturated rings. The number of nitrogens with zero attached hydrogens (tertiary/aromatic N) is 5. The van der Waals surface area contributed by atoms with Crippen LogP contribution in [0.25, 0.3) is 5.69 Å². The van der Waals surface area contributed by atoms with Crippen LogP contribution in [0.2, 0.25) is 0 Å². The van der Waals surface area contributed by atoms with E-state index in [2.05, 4.69) is 56.7 Å². The van der Waals surface area contributed by atoms with E-state index in [-0.39, 0.29) is 6.04 Å². The number of hydrogen-bond acceptors (Lipinski definition) is 6. The molecular weight excluding hydrogens is 296 g/mol. The fourth-order valence-corrected chi connectivity index (χ4v) is 3.00. The van der Waals surface area contributed by atoms with Crippen LogP contribution in [0.5, 0.6) is 0 Å². The smallest absolute Gasteiger partial charge is 0.247 e. The van der Waals surface area contributed by atoms with Crippen molar-refractivity contribution in [3.8, 4) is 5.69 Å². The highest BCUT2D eigenvalue weighted by Crippen LogP contribution is 2.21. The zero-order chi connectivity index (χ0) is 15.4. The highest BCUT2D eigenvalue weighted by atomic mass is 32.1. The van der Waals surface area contributed by atoms with Gasteiger partial charge in [0.25, 0.3) is 0 Å². The molecule has 114 valence electrons. The first-order valence-electron chi connectivity index (χ1n) is 7.02. The fraction of sp³-hybridized carbons (Fsp3) is 0.267. The summed E-state index contributed by atoms with van der Waals surface area (Å²) in [6.07, 6.45) is 0. The van der Waals surface area contributed by atoms with Crippen LogP contribution in [0, 0.1) is 0 Å². The Hall–Kier alpha value is -2.25. The number of thiophene rings is 1. The first-order chi connectivity index (χ1) is 10.8. The van der Waals surface area contributed by atoms with Crippen molar-refractivity contribution >= 4 is 17.3 Å². The summed E-state index contributed by atoms with van der Waals surface area (Å²) in [6, 6.07) is 12.3. The summed E-state index contributed by atoms with van der Waals surface area (Å²) in [7, 11) is 4.15. The van der Waals surface area contributed by atoms with Gasteiger partial charge in [0.1, 0.15) is 0 Å². The number of hydrogen-bond donors (Lipinski definition) is 1. The lowest BCUT2D eigenvalue weighted by molar-refractivity contribution is 0.312. The van der Waals surface area contributed by atoms with Crippen molar-refractivity contribution in [2.45, 2.75) is 6.04 Å². The van der Waals surface area contributed by atoms with Crippen LogP contribution in [-0.4, -0.2) is 45.7 Å². The van der Waals surface area contributed by atoms with Crippen LogP contribution in [0.15, 0.2) is 47.2 Å². The molecule has 0 aliphatic heterocycles. The standard InChI is InChI=1S/C15H18N6S/c1-20(2)14(12-8-9-22-11-12)10-16-15-17-18-19-21(15)13-6-4-3-5-7-13/h3-9,11,14H,10H2,1-2H3,(H,16,17,19)/t14-/m1/s1. The van der Waals surface area contributed by atoms with Gasteiger partial charge in [-0.1, -0.05) is 23.3 Å². The number of likely N-dealkylation sites (N-methyl/N-ethyl adjacent to an activating group) is 1. The second-order valence-corrected chi connectivity index (χ2v) is 5.95. The molecule has 2 heterocycles. The predicted octanol–water partition coefficient (Wildman–Crippen LogP) is 2.44. The van der Waals surface area contributed by atoms with Gasteiger partial charge in [-0.15, -0.1) is 0 Å². The molecule has 1 N–H and O–H groups in total. The van der Waals surface area contributed by atoms with Crippen molar-refractivity contribution in [2.75, 3.05) is 26.0 Å². The number of anilines is 1. The van der Waals surface area contributed by atoms with E-state index in [0.717, 1.165) is 12.2 Å². The molecule has 6 nitrogen and oxygen atoms in total. The van der Waals surface area contributed by atoms with Crippen molar-refractivity contribution in [3.63, 3.8) is 0 Å². The lowest BCUT2D eigenvalue weighted by Crippen LogP contribution is -2.27. The molecule has 0 amide bonds. The molecule has 22 heavy (non-hydrogen) atoms. The summed E-state index contributed by atoms with van der Waals surface area (Å²) < 4.78 is 1.71. The summed E-state index contributed by atoms with van der Waals surface area (Å²) in [5.74, 6) is 0.647. The predicted molar refractivity (Wildman–Crippen MR) is 88.4 cm³/mol. The second kappa shape index (κ2) is 6.67. The number of nitrogens with one attached hydrogen (secondary N) is 1. The molecule has 0 unspecified atom stereocenters. The molecule has 0 aliphatic rings. The molecule has 2 aromatic heterocycles. The topological polar surface area (TPSA) is 58.9 Å². The third-order valence-electron chi connectivity index (χ3n) is 3.48. The monoisotopic (exact) mass is 314 g/mol. The summed E-state index contributed by atoms with van der Waals surface area (Å²) in [5.41, 5.74) is 2.23. The van der Waals surface area contributed by atoms with Crippen molar-refractivity contribution in [2.24, 2.45) is 0 Å². The molecule has 0 spiro atoms. The van der Waals surface area contributed by atoms with E-state index >= 15 is 0 Å². The largest absolute Gasteiger partial charge is 0.351 e. The Bertz CT molecular complexity index is 692. The zero-order valence-corrected chi connectivity index (χ0v) is 13.4. The van der Waals surface area contributed by atoms with Gasteiger partial charge in [-0.25, -0.2) is 0 Å². The van der Waals surface area contributed by atoms with Gasteiger partial charge in [0, 0.05) is 6.54 Å². The fourth-order valence-electron chi connectivity index (χ4n) is 2.29. The highest BCUT2D eigenvalue weighted by molar-refractivity contribution is 7.07. The number of benzene rings is 1. The third-order valence-corrected chi connectivity index (χ3v) is 4.18. The molecule has 0 radical (unpaired) electrons. The second-order valence-electron chi connectivity index (χ2n) is 5.17. The van der Waals surface area contributed by atoms with E-state index in [1.54, 1.807) is 16.0 Å². The molecule has 1 aromatic carbocycles. The van der Waals surface area contributed by atoms with Crippen molar-refractivity contribution < 1.29 is 0 Å². The molecule has 3 rings (SSSR count). The average Bonchev–Trinajstić information content (AvgIpc) is 3.19. The Labute approximate surface area is 133 Å². The average molecular weight is 314 g/mol. The quantitative estimate of drug-likeness (QED) is 0.757. The number of rotatable bonds is 6. The van der Waals surface area contributed by atoms with Gasteiger partial charge in [0.05, 0.1) is 11.7 Å². The Morgan fingerprint density at radius 1 is 1.23 bits per heavy atom. The van der Waals surface area contributed by atoms with E-state index in [0.29, 0.717) is 5.95 Å².